The molecule has 6 nitrogen and oxygen atoms in total. The summed E-state index contributed by atoms with van der Waals surface area (Å²) >= 11 is 0. The zero-order valence-corrected chi connectivity index (χ0v) is 33.8. The van der Waals surface area contributed by atoms with Gasteiger partial charge in [0, 0.05) is 64.5 Å². The van der Waals surface area contributed by atoms with E-state index in [1.54, 1.807) is 18.2 Å². The van der Waals surface area contributed by atoms with Crippen molar-refractivity contribution >= 4 is 77.0 Å². The van der Waals surface area contributed by atoms with Crippen LogP contribution in [0.4, 0.5) is 0 Å². The smallest absolute Gasteiger partial charge is 0.339 e. The van der Waals surface area contributed by atoms with Gasteiger partial charge >= 0.3 is 17.9 Å². The molecule has 2 N–H and O–H groups in total. The molecule has 0 bridgehead atoms. The number of aromatic carboxylic acids is 1. The average Bonchev–Trinajstić information content (AvgIpc) is 2.94. The molecule has 1 aromatic carbocycles. The Labute approximate surface area is 319 Å². The van der Waals surface area contributed by atoms with Crippen LogP contribution >= 0.6 is 0 Å². The van der Waals surface area contributed by atoms with Gasteiger partial charge in [-0.1, -0.05) is 72.2 Å². The van der Waals surface area contributed by atoms with Crippen molar-refractivity contribution in [3.05, 3.63) is 47.0 Å². The summed E-state index contributed by atoms with van der Waals surface area (Å²) in [6, 6.07) is 6.30. The maximum atomic E-state index is 13.3. The van der Waals surface area contributed by atoms with Crippen molar-refractivity contribution in [1.29, 1.82) is 0 Å². The number of fused-ring (bicyclic) bond motifs is 7. The minimum Gasteiger partial charge on any atom is -0.481 e. The quantitative estimate of drug-likeness (QED) is 0.194. The Bertz CT molecular complexity index is 1430. The minimum absolute atomic E-state index is 0. The third-order valence-electron chi connectivity index (χ3n) is 14.6. The van der Waals surface area contributed by atoms with Gasteiger partial charge < -0.3 is 14.9 Å². The number of carbonyl (C=O) groups is 3. The Kier molecular flexibility index (Phi) is 10.5. The summed E-state index contributed by atoms with van der Waals surface area (Å²) < 4.78 is 6.19. The number of carbonyl (C=O) groups excluding carboxylic acids is 1. The van der Waals surface area contributed by atoms with E-state index in [2.05, 4.69) is 54.5 Å². The molecule has 242 valence electrons. The van der Waals surface area contributed by atoms with Gasteiger partial charge in [-0.3, -0.25) is 4.79 Å². The van der Waals surface area contributed by atoms with E-state index in [-0.39, 0.29) is 109 Å². The van der Waals surface area contributed by atoms with E-state index in [1.807, 2.05) is 0 Å². The first-order chi connectivity index (χ1) is 20.4. The number of ether oxygens (including phenoxy) is 1. The summed E-state index contributed by atoms with van der Waals surface area (Å²) in [4.78, 5) is 38.1. The fraction of sp³-hybridized carbons (Fsp3) is 0.711. The molecule has 6 rings (SSSR count). The molecule has 4 fully saturated rings. The maximum Gasteiger partial charge on any atom is 0.339 e. The van der Waals surface area contributed by atoms with Gasteiger partial charge in [-0.25, -0.2) is 9.59 Å². The molecule has 5 aliphatic rings. The van der Waals surface area contributed by atoms with E-state index in [4.69, 9.17) is 4.74 Å². The Morgan fingerprint density at radius 3 is 2.04 bits per heavy atom. The van der Waals surface area contributed by atoms with E-state index in [0.29, 0.717) is 11.8 Å². The Balaban J connectivity index is 0.00000240. The molecule has 0 aromatic heterocycles. The van der Waals surface area contributed by atoms with Crippen LogP contribution < -0.4 is 0 Å². The first-order valence-electron chi connectivity index (χ1n) is 16.9. The first kappa shape index (κ1) is 38.2. The van der Waals surface area contributed by atoms with Crippen molar-refractivity contribution < 1.29 is 29.3 Å². The van der Waals surface area contributed by atoms with Crippen molar-refractivity contribution in [2.75, 3.05) is 0 Å². The number of rotatable bonds is 4. The third-order valence-corrected chi connectivity index (χ3v) is 14.6. The molecule has 1 aromatic rings. The zero-order chi connectivity index (χ0) is 32.1. The van der Waals surface area contributed by atoms with Gasteiger partial charge in [0.15, 0.2) is 0 Å². The fourth-order valence-corrected chi connectivity index (χ4v) is 11.9. The molecule has 4 saturated carbocycles. The molecule has 8 atom stereocenters. The SMILES string of the molecule is CC1(C)CC[C@]2(C(=O)O)CC[C@]3(C)C(=CC[C@@H]4[C@@]5(C)CC[C@H](OC(=O)c6ccccc6C(=O)O)C(C)(C)[C@@H]5CC[C@]43C)[C@@H]2C1.[Na].[Na]. The molecule has 0 unspecified atom stereocenters. The third kappa shape index (κ3) is 5.46. The predicted molar refractivity (Wildman–Crippen MR) is 181 cm³/mol. The second-order valence-corrected chi connectivity index (χ2v) is 17.3. The number of esters is 1. The summed E-state index contributed by atoms with van der Waals surface area (Å²) in [7, 11) is 0. The molecule has 0 saturated heterocycles. The van der Waals surface area contributed by atoms with E-state index in [1.165, 1.54) is 11.6 Å². The molecular formula is C38H52Na2O6. The average molecular weight is 651 g/mol. The van der Waals surface area contributed by atoms with Crippen molar-refractivity contribution in [3.63, 3.8) is 0 Å². The van der Waals surface area contributed by atoms with Crippen LogP contribution in [0, 0.1) is 50.2 Å². The van der Waals surface area contributed by atoms with Crippen LogP contribution in [0.1, 0.15) is 133 Å². The summed E-state index contributed by atoms with van der Waals surface area (Å²) in [5, 5.41) is 20.3. The largest absolute Gasteiger partial charge is 0.481 e. The molecule has 0 spiro atoms. The molecule has 46 heavy (non-hydrogen) atoms. The molecule has 0 amide bonds. The number of benzene rings is 1. The minimum atomic E-state index is -1.13. The van der Waals surface area contributed by atoms with E-state index in [0.717, 1.165) is 64.2 Å². The second kappa shape index (κ2) is 12.6. The second-order valence-electron chi connectivity index (χ2n) is 17.3. The summed E-state index contributed by atoms with van der Waals surface area (Å²) in [6.07, 6.45) is 11.4. The summed E-state index contributed by atoms with van der Waals surface area (Å²) in [6.45, 7) is 16.6. The van der Waals surface area contributed by atoms with Gasteiger partial charge in [0.2, 0.25) is 0 Å². The van der Waals surface area contributed by atoms with Crippen molar-refractivity contribution in [3.8, 4) is 0 Å². The van der Waals surface area contributed by atoms with Gasteiger partial charge in [0.1, 0.15) is 6.10 Å². The van der Waals surface area contributed by atoms with Gasteiger partial charge in [-0.05, 0) is 116 Å². The van der Waals surface area contributed by atoms with Crippen LogP contribution in [0.3, 0.4) is 0 Å². The van der Waals surface area contributed by atoms with Gasteiger partial charge in [0.25, 0.3) is 0 Å². The summed E-state index contributed by atoms with van der Waals surface area (Å²) in [5.41, 5.74) is 0.857. The molecule has 5 aliphatic carbocycles. The summed E-state index contributed by atoms with van der Waals surface area (Å²) in [5.74, 6) is -1.36. The van der Waals surface area contributed by atoms with Crippen molar-refractivity contribution in [2.45, 2.75) is 119 Å². The van der Waals surface area contributed by atoms with E-state index < -0.39 is 23.3 Å². The maximum absolute atomic E-state index is 13.3. The number of hydrogen-bond acceptors (Lipinski definition) is 4. The Hall–Kier alpha value is -0.630. The van der Waals surface area contributed by atoms with Crippen LogP contribution in [0.2, 0.25) is 0 Å². The first-order valence-corrected chi connectivity index (χ1v) is 16.9. The van der Waals surface area contributed by atoms with E-state index >= 15 is 0 Å². The predicted octanol–water partition coefficient (Wildman–Crippen LogP) is 8.03. The van der Waals surface area contributed by atoms with Crippen LogP contribution in [0.5, 0.6) is 0 Å². The van der Waals surface area contributed by atoms with Crippen molar-refractivity contribution in [1.82, 2.24) is 0 Å². The molecule has 2 radical (unpaired) electrons. The number of hydrogen-bond donors (Lipinski definition) is 2. The number of aliphatic carboxylic acids is 1. The van der Waals surface area contributed by atoms with Crippen LogP contribution in [-0.4, -0.2) is 93.3 Å². The van der Waals surface area contributed by atoms with Crippen LogP contribution in [0.25, 0.3) is 0 Å². The normalized spacial score (nSPS) is 40.1. The van der Waals surface area contributed by atoms with Crippen LogP contribution in [0.15, 0.2) is 35.9 Å². The number of allylic oxidation sites excluding steroid dienone is 2. The number of carboxylic acids is 2. The number of carboxylic acid groups (broad SMARTS) is 2. The van der Waals surface area contributed by atoms with Crippen LogP contribution in [-0.2, 0) is 9.53 Å². The monoisotopic (exact) mass is 650 g/mol. The Morgan fingerprint density at radius 1 is 0.783 bits per heavy atom. The van der Waals surface area contributed by atoms with Gasteiger partial charge in [0.05, 0.1) is 16.5 Å². The zero-order valence-electron chi connectivity index (χ0n) is 29.8. The standard InChI is InChI=1S/C38H52O6.2Na/c1-33(2)18-20-38(32(42)43)21-19-36(6)25(26(38)22-33)12-13-28-35(5)16-15-29(34(3,4)27(35)14-17-37(28,36)7)44-31(41)24-11-9-8-10-23(24)30(39)40;;/h8-12,26-29H,13-22H2,1-7H3,(H,39,40)(H,42,43);;/t26-,27-,28+,29-,35-,36+,37+,38-;;/m0../s1. The molecule has 8 heteroatoms. The molecular weight excluding hydrogens is 598 g/mol. The van der Waals surface area contributed by atoms with Crippen molar-refractivity contribution in [2.24, 2.45) is 50.2 Å². The van der Waals surface area contributed by atoms with Gasteiger partial charge in [-0.2, -0.15) is 0 Å². The molecule has 0 heterocycles. The van der Waals surface area contributed by atoms with E-state index in [9.17, 15) is 24.6 Å². The topological polar surface area (TPSA) is 101 Å². The molecule has 0 aliphatic heterocycles. The van der Waals surface area contributed by atoms with Gasteiger partial charge in [-0.15, -0.1) is 0 Å². The fourth-order valence-electron chi connectivity index (χ4n) is 11.9. The Morgan fingerprint density at radius 2 is 1.41 bits per heavy atom.